The third-order valence-electron chi connectivity index (χ3n) is 3.44. The fourth-order valence-electron chi connectivity index (χ4n) is 2.53. The molecule has 0 amide bonds. The van der Waals surface area contributed by atoms with E-state index in [0.717, 1.165) is 33.8 Å². The Kier molecular flexibility index (Phi) is 3.45. The Morgan fingerprint density at radius 3 is 2.80 bits per heavy atom. The van der Waals surface area contributed by atoms with Gasteiger partial charge in [-0.2, -0.15) is 0 Å². The van der Waals surface area contributed by atoms with Gasteiger partial charge in [0, 0.05) is 33.7 Å². The summed E-state index contributed by atoms with van der Waals surface area (Å²) in [6.45, 7) is 2.86. The summed E-state index contributed by atoms with van der Waals surface area (Å²) in [5, 5.41) is 0.988. The number of halogens is 1. The molecule has 0 radical (unpaired) electrons. The Balaban J connectivity index is 2.10. The van der Waals surface area contributed by atoms with Gasteiger partial charge in [0.1, 0.15) is 0 Å². The number of aromatic nitrogens is 1. The summed E-state index contributed by atoms with van der Waals surface area (Å²) in [6, 6.07) is 14.5. The van der Waals surface area contributed by atoms with Crippen molar-refractivity contribution in [3.8, 4) is 0 Å². The number of rotatable bonds is 3. The van der Waals surface area contributed by atoms with Gasteiger partial charge >= 0.3 is 0 Å². The van der Waals surface area contributed by atoms with Crippen molar-refractivity contribution in [2.45, 2.75) is 13.5 Å². The van der Waals surface area contributed by atoms with Gasteiger partial charge in [-0.25, -0.2) is 0 Å². The molecule has 0 saturated heterocycles. The van der Waals surface area contributed by atoms with E-state index in [-0.39, 0.29) is 0 Å². The molecule has 0 atom stereocenters. The summed E-state index contributed by atoms with van der Waals surface area (Å²) >= 11 is 3.46. The van der Waals surface area contributed by atoms with E-state index in [9.17, 15) is 4.79 Å². The van der Waals surface area contributed by atoms with Crippen LogP contribution >= 0.6 is 15.9 Å². The van der Waals surface area contributed by atoms with Crippen LogP contribution in [0.3, 0.4) is 0 Å². The van der Waals surface area contributed by atoms with Crippen molar-refractivity contribution in [1.29, 1.82) is 0 Å². The molecule has 0 aliphatic carbocycles. The van der Waals surface area contributed by atoms with Crippen molar-refractivity contribution < 1.29 is 4.79 Å². The van der Waals surface area contributed by atoms with E-state index in [1.807, 2.05) is 24.4 Å². The number of carbonyl (C=O) groups is 1. The molecule has 3 heteroatoms. The number of fused-ring (bicyclic) bond motifs is 1. The average Bonchev–Trinajstić information content (AvgIpc) is 2.76. The zero-order chi connectivity index (χ0) is 14.1. The van der Waals surface area contributed by atoms with Crippen molar-refractivity contribution in [1.82, 2.24) is 4.57 Å². The van der Waals surface area contributed by atoms with Crippen molar-refractivity contribution >= 4 is 33.1 Å². The van der Waals surface area contributed by atoms with E-state index in [2.05, 4.69) is 51.7 Å². The Morgan fingerprint density at radius 1 is 1.20 bits per heavy atom. The first-order valence-electron chi connectivity index (χ1n) is 6.46. The van der Waals surface area contributed by atoms with Crippen LogP contribution in [0.25, 0.3) is 10.9 Å². The number of hydrogen-bond acceptors (Lipinski definition) is 1. The predicted octanol–water partition coefficient (Wildman–Crippen LogP) is 4.57. The van der Waals surface area contributed by atoms with Gasteiger partial charge in [-0.1, -0.05) is 45.8 Å². The van der Waals surface area contributed by atoms with E-state index in [0.29, 0.717) is 0 Å². The van der Waals surface area contributed by atoms with Crippen LogP contribution in [-0.4, -0.2) is 10.9 Å². The maximum Gasteiger partial charge on any atom is 0.152 e. The molecule has 100 valence electrons. The lowest BCUT2D eigenvalue weighted by Crippen LogP contribution is -1.98. The van der Waals surface area contributed by atoms with Crippen LogP contribution in [0.4, 0.5) is 0 Å². The molecular formula is C17H14BrNO. The number of aryl methyl sites for hydroxylation is 1. The highest BCUT2D eigenvalue weighted by Crippen LogP contribution is 2.25. The maximum absolute atomic E-state index is 11.2. The molecule has 1 heterocycles. The fraction of sp³-hybridized carbons (Fsp3) is 0.118. The molecule has 0 N–H and O–H groups in total. The molecule has 0 spiro atoms. The second-order valence-electron chi connectivity index (χ2n) is 4.98. The van der Waals surface area contributed by atoms with E-state index in [4.69, 9.17) is 0 Å². The summed E-state index contributed by atoms with van der Waals surface area (Å²) in [7, 11) is 0. The Morgan fingerprint density at radius 2 is 2.05 bits per heavy atom. The third-order valence-corrected chi connectivity index (χ3v) is 3.93. The first-order chi connectivity index (χ1) is 9.67. The van der Waals surface area contributed by atoms with Crippen LogP contribution in [0.1, 0.15) is 21.5 Å². The zero-order valence-electron chi connectivity index (χ0n) is 11.1. The van der Waals surface area contributed by atoms with Crippen LogP contribution < -0.4 is 0 Å². The molecule has 3 aromatic rings. The number of hydrogen-bond donors (Lipinski definition) is 0. The minimum absolute atomic E-state index is 0.731. The first kappa shape index (κ1) is 13.1. The molecule has 0 unspecified atom stereocenters. The van der Waals surface area contributed by atoms with Crippen LogP contribution in [0.15, 0.2) is 53.1 Å². The van der Waals surface area contributed by atoms with Crippen LogP contribution in [-0.2, 0) is 6.54 Å². The van der Waals surface area contributed by atoms with E-state index >= 15 is 0 Å². The summed E-state index contributed by atoms with van der Waals surface area (Å²) in [5.41, 5.74) is 4.30. The molecule has 0 fully saturated rings. The molecule has 0 bridgehead atoms. The molecule has 0 saturated carbocycles. The molecular weight excluding hydrogens is 314 g/mol. The summed E-state index contributed by atoms with van der Waals surface area (Å²) in [4.78, 5) is 11.2. The smallest absolute Gasteiger partial charge is 0.152 e. The van der Waals surface area contributed by atoms with Crippen molar-refractivity contribution in [2.75, 3.05) is 0 Å². The lowest BCUT2D eigenvalue weighted by Gasteiger charge is -2.06. The van der Waals surface area contributed by atoms with Crippen LogP contribution in [0.2, 0.25) is 0 Å². The standard InChI is InChI=1S/C17H14BrNO/c1-12-3-2-4-13(7-12)9-19-10-14(11-20)16-8-15(18)5-6-17(16)19/h2-8,10-11H,9H2,1H3. The number of nitrogens with zero attached hydrogens (tertiary/aromatic N) is 1. The van der Waals surface area contributed by atoms with E-state index in [1.165, 1.54) is 11.1 Å². The normalized spacial score (nSPS) is 10.9. The van der Waals surface area contributed by atoms with E-state index < -0.39 is 0 Å². The number of aldehydes is 1. The van der Waals surface area contributed by atoms with Crippen molar-refractivity contribution in [3.63, 3.8) is 0 Å². The minimum Gasteiger partial charge on any atom is -0.342 e. The van der Waals surface area contributed by atoms with Gasteiger partial charge in [-0.05, 0) is 30.7 Å². The molecule has 1 aromatic heterocycles. The molecule has 0 aliphatic rings. The molecule has 2 nitrogen and oxygen atoms in total. The lowest BCUT2D eigenvalue weighted by atomic mass is 10.1. The molecule has 2 aromatic carbocycles. The third kappa shape index (κ3) is 2.41. The molecule has 0 aliphatic heterocycles. The lowest BCUT2D eigenvalue weighted by molar-refractivity contribution is 0.112. The second kappa shape index (κ2) is 5.25. The fourth-order valence-corrected chi connectivity index (χ4v) is 2.89. The molecule has 3 rings (SSSR count). The monoisotopic (exact) mass is 327 g/mol. The van der Waals surface area contributed by atoms with Gasteiger partial charge in [-0.15, -0.1) is 0 Å². The van der Waals surface area contributed by atoms with Gasteiger partial charge < -0.3 is 4.57 Å². The van der Waals surface area contributed by atoms with Crippen LogP contribution in [0.5, 0.6) is 0 Å². The van der Waals surface area contributed by atoms with Gasteiger partial charge in [0.05, 0.1) is 0 Å². The van der Waals surface area contributed by atoms with E-state index in [1.54, 1.807) is 0 Å². The number of benzene rings is 2. The van der Waals surface area contributed by atoms with Crippen molar-refractivity contribution in [2.24, 2.45) is 0 Å². The highest BCUT2D eigenvalue weighted by atomic mass is 79.9. The highest BCUT2D eigenvalue weighted by molar-refractivity contribution is 9.10. The Hall–Kier alpha value is -1.87. The maximum atomic E-state index is 11.2. The Bertz CT molecular complexity index is 789. The Labute approximate surface area is 126 Å². The van der Waals surface area contributed by atoms with Crippen LogP contribution in [0, 0.1) is 6.92 Å². The minimum atomic E-state index is 0.731. The van der Waals surface area contributed by atoms with Gasteiger partial charge in [0.25, 0.3) is 0 Å². The zero-order valence-corrected chi connectivity index (χ0v) is 12.7. The largest absolute Gasteiger partial charge is 0.342 e. The summed E-state index contributed by atoms with van der Waals surface area (Å²) in [6.07, 6.45) is 2.84. The van der Waals surface area contributed by atoms with Crippen molar-refractivity contribution in [3.05, 3.63) is 69.8 Å². The quantitative estimate of drug-likeness (QED) is 0.646. The highest BCUT2D eigenvalue weighted by Gasteiger charge is 2.08. The topological polar surface area (TPSA) is 22.0 Å². The first-order valence-corrected chi connectivity index (χ1v) is 7.26. The SMILES string of the molecule is Cc1cccc(Cn2cc(C=O)c3cc(Br)ccc32)c1. The second-order valence-corrected chi connectivity index (χ2v) is 5.90. The summed E-state index contributed by atoms with van der Waals surface area (Å²) < 4.78 is 3.11. The van der Waals surface area contributed by atoms with Gasteiger partial charge in [-0.3, -0.25) is 4.79 Å². The van der Waals surface area contributed by atoms with Gasteiger partial charge in [0.15, 0.2) is 6.29 Å². The predicted molar refractivity (Wildman–Crippen MR) is 85.3 cm³/mol. The average molecular weight is 328 g/mol. The summed E-state index contributed by atoms with van der Waals surface area (Å²) in [5.74, 6) is 0. The van der Waals surface area contributed by atoms with Gasteiger partial charge in [0.2, 0.25) is 0 Å². The molecule has 20 heavy (non-hydrogen) atoms. The number of carbonyl (C=O) groups excluding carboxylic acids is 1.